The van der Waals surface area contributed by atoms with Crippen molar-refractivity contribution in [3.8, 4) is 17.2 Å². The van der Waals surface area contributed by atoms with Gasteiger partial charge in [0.1, 0.15) is 0 Å². The minimum atomic E-state index is -0.420. The Balaban J connectivity index is 1.97. The van der Waals surface area contributed by atoms with E-state index in [9.17, 15) is 9.59 Å². The van der Waals surface area contributed by atoms with Gasteiger partial charge in [-0.2, -0.15) is 0 Å². The van der Waals surface area contributed by atoms with E-state index in [1.54, 1.807) is 50.5 Å². The van der Waals surface area contributed by atoms with Gasteiger partial charge in [0.05, 0.1) is 37.8 Å². The summed E-state index contributed by atoms with van der Waals surface area (Å²) in [4.78, 5) is 28.1. The molecule has 1 fully saturated rings. The topological polar surface area (TPSA) is 77.1 Å². The van der Waals surface area contributed by atoms with Crippen LogP contribution in [0.5, 0.6) is 17.2 Å². The number of likely N-dealkylation sites (tertiary alicyclic amines) is 1. The molecular weight excluding hydrogens is 444 g/mol. The molecule has 7 nitrogen and oxygen atoms in total. The molecule has 1 N–H and O–H groups in total. The Morgan fingerprint density at radius 2 is 1.73 bits per heavy atom. The molecule has 0 saturated carbocycles. The number of benzene rings is 2. The van der Waals surface area contributed by atoms with Crippen LogP contribution in [0, 0.1) is 5.92 Å². The largest absolute Gasteiger partial charge is 0.493 e. The van der Waals surface area contributed by atoms with Crippen molar-refractivity contribution in [1.82, 2.24) is 10.2 Å². The molecule has 0 spiro atoms. The predicted molar refractivity (Wildman–Crippen MR) is 128 cm³/mol. The minimum absolute atomic E-state index is 0.0725. The summed E-state index contributed by atoms with van der Waals surface area (Å²) >= 11 is 6.27. The Labute approximate surface area is 200 Å². The zero-order valence-electron chi connectivity index (χ0n) is 19.5. The van der Waals surface area contributed by atoms with E-state index in [1.165, 1.54) is 0 Å². The molecule has 8 heteroatoms. The standard InChI is InChI=1S/C25H31ClN2O5/c1-5-6-11-27-24(29)19-15-28(25(30)17-9-7-8-10-20(17)26)14-18(19)16-12-21(31-2)23(33-4)22(13-16)32-3/h7-10,12-13,18-19H,5-6,11,14-15H2,1-4H3,(H,27,29)/t18-,19+/m0/s1. The average molecular weight is 475 g/mol. The molecule has 0 aromatic heterocycles. The summed E-state index contributed by atoms with van der Waals surface area (Å²) in [7, 11) is 4.65. The Bertz CT molecular complexity index is 972. The van der Waals surface area contributed by atoms with Gasteiger partial charge in [-0.3, -0.25) is 9.59 Å². The van der Waals surface area contributed by atoms with E-state index in [4.69, 9.17) is 25.8 Å². The zero-order valence-corrected chi connectivity index (χ0v) is 20.3. The van der Waals surface area contributed by atoms with Crippen molar-refractivity contribution in [2.45, 2.75) is 25.7 Å². The summed E-state index contributed by atoms with van der Waals surface area (Å²) in [6.45, 7) is 3.34. The molecule has 0 unspecified atom stereocenters. The molecule has 1 heterocycles. The van der Waals surface area contributed by atoms with Gasteiger partial charge in [0.25, 0.3) is 5.91 Å². The number of carbonyl (C=O) groups is 2. The molecule has 33 heavy (non-hydrogen) atoms. The van der Waals surface area contributed by atoms with Crippen LogP contribution in [-0.2, 0) is 4.79 Å². The molecule has 2 amide bonds. The number of hydrogen-bond donors (Lipinski definition) is 1. The highest BCUT2D eigenvalue weighted by Gasteiger charge is 2.41. The third-order valence-corrected chi connectivity index (χ3v) is 6.32. The predicted octanol–water partition coefficient (Wildman–Crippen LogP) is 4.14. The summed E-state index contributed by atoms with van der Waals surface area (Å²) < 4.78 is 16.5. The van der Waals surface area contributed by atoms with Gasteiger partial charge in [0.2, 0.25) is 11.7 Å². The van der Waals surface area contributed by atoms with Crippen LogP contribution < -0.4 is 19.5 Å². The SMILES string of the molecule is CCCCNC(=O)[C@@H]1CN(C(=O)c2ccccc2Cl)C[C@H]1c1cc(OC)c(OC)c(OC)c1. The second-order valence-electron chi connectivity index (χ2n) is 8.01. The number of nitrogens with zero attached hydrogens (tertiary/aromatic N) is 1. The molecule has 3 rings (SSSR count). The van der Waals surface area contributed by atoms with E-state index in [0.717, 1.165) is 18.4 Å². The number of unbranched alkanes of at least 4 members (excludes halogenated alkanes) is 1. The first kappa shape index (κ1) is 24.7. The molecule has 178 valence electrons. The van der Waals surface area contributed by atoms with Gasteiger partial charge in [-0.15, -0.1) is 0 Å². The number of halogens is 1. The fourth-order valence-corrected chi connectivity index (χ4v) is 4.43. The number of amides is 2. The Kier molecular flexibility index (Phi) is 8.44. The average Bonchev–Trinajstić information content (AvgIpc) is 3.28. The van der Waals surface area contributed by atoms with Crippen molar-refractivity contribution in [3.63, 3.8) is 0 Å². The quantitative estimate of drug-likeness (QED) is 0.553. The first-order chi connectivity index (χ1) is 15.9. The molecule has 0 bridgehead atoms. The third kappa shape index (κ3) is 5.36. The van der Waals surface area contributed by atoms with Gasteiger partial charge in [-0.1, -0.05) is 37.1 Å². The van der Waals surface area contributed by atoms with E-state index in [1.807, 2.05) is 12.1 Å². The van der Waals surface area contributed by atoms with Crippen LogP contribution in [0.4, 0.5) is 0 Å². The van der Waals surface area contributed by atoms with Crippen LogP contribution in [-0.4, -0.2) is 57.7 Å². The minimum Gasteiger partial charge on any atom is -0.493 e. The normalized spacial score (nSPS) is 17.5. The lowest BCUT2D eigenvalue weighted by molar-refractivity contribution is -0.124. The number of hydrogen-bond acceptors (Lipinski definition) is 5. The van der Waals surface area contributed by atoms with E-state index in [-0.39, 0.29) is 17.7 Å². The van der Waals surface area contributed by atoms with Gasteiger partial charge in [-0.05, 0) is 36.2 Å². The van der Waals surface area contributed by atoms with Crippen LogP contribution in [0.1, 0.15) is 41.6 Å². The molecule has 2 aromatic rings. The van der Waals surface area contributed by atoms with Crippen LogP contribution in [0.15, 0.2) is 36.4 Å². The molecule has 1 saturated heterocycles. The number of carbonyl (C=O) groups excluding carboxylic acids is 2. The summed E-state index contributed by atoms with van der Waals surface area (Å²) in [5, 5.41) is 3.42. The number of rotatable bonds is 9. The second-order valence-corrected chi connectivity index (χ2v) is 8.41. The Morgan fingerprint density at radius 3 is 2.30 bits per heavy atom. The molecule has 1 aliphatic heterocycles. The Morgan fingerprint density at radius 1 is 1.06 bits per heavy atom. The van der Waals surface area contributed by atoms with Gasteiger partial charge in [-0.25, -0.2) is 0 Å². The maximum Gasteiger partial charge on any atom is 0.255 e. The highest BCUT2D eigenvalue weighted by atomic mass is 35.5. The lowest BCUT2D eigenvalue weighted by Crippen LogP contribution is -2.36. The first-order valence-electron chi connectivity index (χ1n) is 11.1. The fourth-order valence-electron chi connectivity index (χ4n) is 4.21. The van der Waals surface area contributed by atoms with Crippen molar-refractivity contribution >= 4 is 23.4 Å². The van der Waals surface area contributed by atoms with Gasteiger partial charge < -0.3 is 24.4 Å². The van der Waals surface area contributed by atoms with E-state index in [0.29, 0.717) is 47.5 Å². The van der Waals surface area contributed by atoms with E-state index >= 15 is 0 Å². The number of nitrogens with one attached hydrogen (secondary N) is 1. The molecule has 1 aliphatic rings. The Hall–Kier alpha value is -2.93. The molecule has 2 aromatic carbocycles. The highest BCUT2D eigenvalue weighted by molar-refractivity contribution is 6.33. The summed E-state index contributed by atoms with van der Waals surface area (Å²) in [5.41, 5.74) is 1.27. The third-order valence-electron chi connectivity index (χ3n) is 5.99. The van der Waals surface area contributed by atoms with Crippen molar-refractivity contribution in [2.24, 2.45) is 5.92 Å². The molecular formula is C25H31ClN2O5. The van der Waals surface area contributed by atoms with Crippen molar-refractivity contribution in [3.05, 3.63) is 52.5 Å². The van der Waals surface area contributed by atoms with E-state index in [2.05, 4.69) is 12.2 Å². The van der Waals surface area contributed by atoms with Crippen molar-refractivity contribution in [2.75, 3.05) is 41.0 Å². The molecule has 2 atom stereocenters. The number of methoxy groups -OCH3 is 3. The molecule has 0 aliphatic carbocycles. The van der Waals surface area contributed by atoms with Crippen molar-refractivity contribution < 1.29 is 23.8 Å². The van der Waals surface area contributed by atoms with Gasteiger partial charge in [0, 0.05) is 25.6 Å². The van der Waals surface area contributed by atoms with Gasteiger partial charge >= 0.3 is 0 Å². The summed E-state index contributed by atoms with van der Waals surface area (Å²) in [6.07, 6.45) is 1.88. The highest BCUT2D eigenvalue weighted by Crippen LogP contribution is 2.43. The number of ether oxygens (including phenoxy) is 3. The lowest BCUT2D eigenvalue weighted by Gasteiger charge is -2.21. The molecule has 0 radical (unpaired) electrons. The lowest BCUT2D eigenvalue weighted by atomic mass is 9.88. The van der Waals surface area contributed by atoms with E-state index < -0.39 is 5.92 Å². The van der Waals surface area contributed by atoms with Gasteiger partial charge in [0.15, 0.2) is 11.5 Å². The summed E-state index contributed by atoms with van der Waals surface area (Å²) in [5.74, 6) is 0.567. The fraction of sp³-hybridized carbons (Fsp3) is 0.440. The van der Waals surface area contributed by atoms with Crippen LogP contribution in [0.3, 0.4) is 0 Å². The maximum atomic E-state index is 13.3. The van der Waals surface area contributed by atoms with Crippen LogP contribution >= 0.6 is 11.6 Å². The zero-order chi connectivity index (χ0) is 24.0. The first-order valence-corrected chi connectivity index (χ1v) is 11.4. The van der Waals surface area contributed by atoms with Crippen LogP contribution in [0.2, 0.25) is 5.02 Å². The van der Waals surface area contributed by atoms with Crippen LogP contribution in [0.25, 0.3) is 0 Å². The maximum absolute atomic E-state index is 13.3. The van der Waals surface area contributed by atoms with Crippen molar-refractivity contribution in [1.29, 1.82) is 0 Å². The second kappa shape index (κ2) is 11.3. The summed E-state index contributed by atoms with van der Waals surface area (Å²) in [6, 6.07) is 10.7. The smallest absolute Gasteiger partial charge is 0.255 e. The monoisotopic (exact) mass is 474 g/mol.